The minimum absolute atomic E-state index is 0.0677. The number of Topliss-reactive ketones (excluding diaryl/α,β-unsaturated/α-hetero) is 1. The molecule has 0 amide bonds. The Bertz CT molecular complexity index is 1080. The number of aryl methyl sites for hydroxylation is 2. The molecule has 0 bridgehead atoms. The Kier molecular flexibility index (Phi) is 7.34. The molecule has 2 fully saturated rings. The summed E-state index contributed by atoms with van der Waals surface area (Å²) in [6.45, 7) is 6.29. The van der Waals surface area contributed by atoms with E-state index < -0.39 is 41.8 Å². The summed E-state index contributed by atoms with van der Waals surface area (Å²) in [5.41, 5.74) is -1.13. The number of nitrogens with one attached hydrogen (secondary N) is 1. The number of nitrogens with zero attached hydrogens (tertiary/aromatic N) is 3. The Balaban J connectivity index is 1.60. The van der Waals surface area contributed by atoms with Crippen LogP contribution in [0.25, 0.3) is 0 Å². The maximum Gasteiger partial charge on any atom is 0.416 e. The summed E-state index contributed by atoms with van der Waals surface area (Å²) in [5, 5.41) is 2.53. The van der Waals surface area contributed by atoms with Crippen LogP contribution in [0.4, 0.5) is 32.0 Å². The van der Waals surface area contributed by atoms with E-state index in [1.807, 2.05) is 13.0 Å². The van der Waals surface area contributed by atoms with Gasteiger partial charge in [-0.2, -0.15) is 26.3 Å². The van der Waals surface area contributed by atoms with E-state index in [1.54, 1.807) is 13.0 Å². The van der Waals surface area contributed by atoms with Crippen LogP contribution in [0.5, 0.6) is 0 Å². The first-order valence-corrected chi connectivity index (χ1v) is 11.8. The minimum Gasteiger partial charge on any atom is -0.378 e. The van der Waals surface area contributed by atoms with Crippen LogP contribution in [0.3, 0.4) is 0 Å². The van der Waals surface area contributed by atoms with Gasteiger partial charge in [0.1, 0.15) is 0 Å². The molecule has 2 aliphatic rings. The third kappa shape index (κ3) is 5.83. The van der Waals surface area contributed by atoms with Crippen molar-refractivity contribution in [2.45, 2.75) is 51.1 Å². The Morgan fingerprint density at radius 2 is 1.69 bits per heavy atom. The van der Waals surface area contributed by atoms with Crippen molar-refractivity contribution in [3.8, 4) is 0 Å². The van der Waals surface area contributed by atoms with Crippen molar-refractivity contribution in [3.05, 3.63) is 58.4 Å². The van der Waals surface area contributed by atoms with Gasteiger partial charge in [0.25, 0.3) is 0 Å². The predicted molar refractivity (Wildman–Crippen MR) is 123 cm³/mol. The molecule has 2 aromatic rings. The number of carbonyl (C=O) groups is 1. The molecule has 36 heavy (non-hydrogen) atoms. The van der Waals surface area contributed by atoms with E-state index in [2.05, 4.69) is 20.1 Å². The molecule has 11 heteroatoms. The molecule has 1 unspecified atom stereocenters. The number of benzene rings is 1. The number of hydrogen-bond acceptors (Lipinski definition) is 5. The monoisotopic (exact) mass is 514 g/mol. The number of piperazine rings is 1. The maximum absolute atomic E-state index is 13.5. The second-order valence-electron chi connectivity index (χ2n) is 9.47. The average Bonchev–Trinajstić information content (AvgIpc) is 3.26. The first-order chi connectivity index (χ1) is 16.8. The molecule has 1 aromatic heterocycles. The number of fused-ring (bicyclic) bond motifs is 1. The molecule has 2 atom stereocenters. The van der Waals surface area contributed by atoms with Crippen molar-refractivity contribution in [1.29, 1.82) is 0 Å². The second kappa shape index (κ2) is 10.0. The molecule has 0 saturated carbocycles. The molecule has 5 nitrogen and oxygen atoms in total. The predicted octanol–water partition coefficient (Wildman–Crippen LogP) is 5.24. The highest BCUT2D eigenvalue weighted by atomic mass is 19.4. The van der Waals surface area contributed by atoms with Crippen LogP contribution in [-0.4, -0.2) is 59.3 Å². The van der Waals surface area contributed by atoms with Gasteiger partial charge in [0, 0.05) is 42.8 Å². The van der Waals surface area contributed by atoms with Crippen LogP contribution in [0.1, 0.15) is 47.0 Å². The fraction of sp³-hybridized carbons (Fsp3) is 0.520. The molecule has 1 N–H and O–H groups in total. The van der Waals surface area contributed by atoms with Gasteiger partial charge in [0.05, 0.1) is 23.7 Å². The molecule has 0 aliphatic carbocycles. The number of anilines is 1. The van der Waals surface area contributed by atoms with Crippen LogP contribution >= 0.6 is 0 Å². The molecule has 2 saturated heterocycles. The van der Waals surface area contributed by atoms with E-state index in [0.717, 1.165) is 31.6 Å². The lowest BCUT2D eigenvalue weighted by molar-refractivity contribution is -0.143. The maximum atomic E-state index is 13.5. The fourth-order valence-corrected chi connectivity index (χ4v) is 5.15. The normalized spacial score (nSPS) is 20.3. The van der Waals surface area contributed by atoms with Crippen LogP contribution in [-0.2, 0) is 17.1 Å². The number of hydrogen-bond donors (Lipinski definition) is 1. The van der Waals surface area contributed by atoms with Crippen molar-refractivity contribution in [1.82, 2.24) is 14.8 Å². The number of rotatable bonds is 6. The molecule has 3 heterocycles. The van der Waals surface area contributed by atoms with Gasteiger partial charge in [-0.05, 0) is 63.1 Å². The van der Waals surface area contributed by atoms with E-state index in [4.69, 9.17) is 0 Å². The minimum atomic E-state index is -4.96. The molecule has 1 aromatic carbocycles. The van der Waals surface area contributed by atoms with Crippen LogP contribution in [0.15, 0.2) is 30.3 Å². The van der Waals surface area contributed by atoms with E-state index in [1.165, 1.54) is 0 Å². The zero-order chi connectivity index (χ0) is 26.3. The number of alkyl halides is 6. The van der Waals surface area contributed by atoms with Gasteiger partial charge in [-0.15, -0.1) is 0 Å². The number of carbonyl (C=O) groups excluding carboxylic acids is 1. The van der Waals surface area contributed by atoms with Crippen molar-refractivity contribution >= 4 is 11.5 Å². The Morgan fingerprint density at radius 3 is 2.31 bits per heavy atom. The third-order valence-electron chi connectivity index (χ3n) is 6.90. The summed E-state index contributed by atoms with van der Waals surface area (Å²) in [4.78, 5) is 22.4. The zero-order valence-corrected chi connectivity index (χ0v) is 20.0. The van der Waals surface area contributed by atoms with E-state index in [0.29, 0.717) is 42.5 Å². The Labute approximate surface area is 205 Å². The van der Waals surface area contributed by atoms with Gasteiger partial charge in [-0.1, -0.05) is 6.07 Å². The molecule has 2 aliphatic heterocycles. The van der Waals surface area contributed by atoms with E-state index in [-0.39, 0.29) is 11.8 Å². The Morgan fingerprint density at radius 1 is 1.03 bits per heavy atom. The van der Waals surface area contributed by atoms with Gasteiger partial charge in [-0.25, -0.2) is 0 Å². The molecule has 196 valence electrons. The van der Waals surface area contributed by atoms with Gasteiger partial charge in [-0.3, -0.25) is 19.6 Å². The summed E-state index contributed by atoms with van der Waals surface area (Å²) in [7, 11) is 0. The first kappa shape index (κ1) is 26.4. The molecule has 0 spiro atoms. The number of aromatic nitrogens is 1. The molecular formula is C25H28F6N4O. The smallest absolute Gasteiger partial charge is 0.378 e. The van der Waals surface area contributed by atoms with Gasteiger partial charge in [0.15, 0.2) is 5.78 Å². The van der Waals surface area contributed by atoms with Gasteiger partial charge < -0.3 is 5.32 Å². The molecule has 4 rings (SSSR count). The molecule has 0 radical (unpaired) electrons. The summed E-state index contributed by atoms with van der Waals surface area (Å²) in [6, 6.07) is 4.48. The quantitative estimate of drug-likeness (QED) is 0.535. The summed E-state index contributed by atoms with van der Waals surface area (Å²) in [5.74, 6) is -0.346. The highest BCUT2D eigenvalue weighted by molar-refractivity contribution is 5.89. The number of halogens is 6. The van der Waals surface area contributed by atoms with Crippen molar-refractivity contribution < 1.29 is 31.1 Å². The highest BCUT2D eigenvalue weighted by Gasteiger charge is 2.39. The Hall–Kier alpha value is -2.66. The van der Waals surface area contributed by atoms with Crippen molar-refractivity contribution in [2.75, 3.05) is 38.0 Å². The lowest BCUT2D eigenvalue weighted by Gasteiger charge is -2.41. The van der Waals surface area contributed by atoms with E-state index in [9.17, 15) is 31.1 Å². The topological polar surface area (TPSA) is 48.5 Å². The SMILES string of the molecule is Cc1ccc(C(C(=O)CNc2cc(C(F)(F)F)cc(C(F)(F)F)c2)N2CCN3CCC[C@@H]3C2)c(C)n1. The summed E-state index contributed by atoms with van der Waals surface area (Å²) in [6.07, 6.45) is -7.82. The first-order valence-electron chi connectivity index (χ1n) is 11.8. The highest BCUT2D eigenvalue weighted by Crippen LogP contribution is 2.38. The average molecular weight is 515 g/mol. The van der Waals surface area contributed by atoms with Crippen molar-refractivity contribution in [3.63, 3.8) is 0 Å². The van der Waals surface area contributed by atoms with Crippen LogP contribution in [0.2, 0.25) is 0 Å². The standard InChI is InChI=1S/C25H28F6N4O/c1-15-5-6-21(16(2)33-15)23(35-9-8-34-7-3-4-20(34)14-35)22(36)13-32-19-11-17(24(26,27)28)10-18(12-19)25(29,30)31/h5-6,10-12,20,23,32H,3-4,7-9,13-14H2,1-2H3/t20-,23?/m1/s1. The van der Waals surface area contributed by atoms with E-state index >= 15 is 0 Å². The third-order valence-corrected chi connectivity index (χ3v) is 6.90. The fourth-order valence-electron chi connectivity index (χ4n) is 5.15. The number of pyridine rings is 1. The van der Waals surface area contributed by atoms with Gasteiger partial charge in [0.2, 0.25) is 0 Å². The lowest BCUT2D eigenvalue weighted by Crippen LogP contribution is -2.53. The van der Waals surface area contributed by atoms with Crippen LogP contribution < -0.4 is 5.32 Å². The number of ketones is 1. The molecular weight excluding hydrogens is 486 g/mol. The zero-order valence-electron chi connectivity index (χ0n) is 20.0. The summed E-state index contributed by atoms with van der Waals surface area (Å²) >= 11 is 0. The van der Waals surface area contributed by atoms with Gasteiger partial charge >= 0.3 is 12.4 Å². The summed E-state index contributed by atoms with van der Waals surface area (Å²) < 4.78 is 79.4. The van der Waals surface area contributed by atoms with Crippen LogP contribution in [0, 0.1) is 13.8 Å². The largest absolute Gasteiger partial charge is 0.416 e. The van der Waals surface area contributed by atoms with Crippen molar-refractivity contribution in [2.24, 2.45) is 0 Å². The second-order valence-corrected chi connectivity index (χ2v) is 9.47. The lowest BCUT2D eigenvalue weighted by atomic mass is 9.97.